The Morgan fingerprint density at radius 3 is 2.93 bits per heavy atom. The Balaban J connectivity index is 2.25. The lowest BCUT2D eigenvalue weighted by atomic mass is 9.79. The zero-order valence-electron chi connectivity index (χ0n) is 9.08. The molecular weight excluding hydrogens is 172 g/mol. The van der Waals surface area contributed by atoms with Crippen molar-refractivity contribution in [3.63, 3.8) is 0 Å². The molecule has 0 radical (unpaired) electrons. The third-order valence-electron chi connectivity index (χ3n) is 3.10. The summed E-state index contributed by atoms with van der Waals surface area (Å²) in [6, 6.07) is 2.24. The number of nitrogens with zero attached hydrogens (tertiary/aromatic N) is 2. The molecule has 1 aliphatic rings. The minimum absolute atomic E-state index is 0.731. The van der Waals surface area contributed by atoms with Crippen LogP contribution in [0.5, 0.6) is 0 Å². The van der Waals surface area contributed by atoms with Crippen LogP contribution in [0.2, 0.25) is 0 Å². The van der Waals surface area contributed by atoms with Gasteiger partial charge in [-0.15, -0.1) is 0 Å². The zero-order chi connectivity index (χ0) is 10.2. The van der Waals surface area contributed by atoms with Crippen LogP contribution < -0.4 is 0 Å². The second kappa shape index (κ2) is 6.59. The molecular formula is C12H20N2. The van der Waals surface area contributed by atoms with Crippen LogP contribution in [0.15, 0.2) is 4.99 Å². The fourth-order valence-corrected chi connectivity index (χ4v) is 2.35. The zero-order valence-corrected chi connectivity index (χ0v) is 9.08. The first kappa shape index (κ1) is 11.2. The number of hydrogen-bond donors (Lipinski definition) is 0. The van der Waals surface area contributed by atoms with Crippen LogP contribution in [0.4, 0.5) is 0 Å². The van der Waals surface area contributed by atoms with E-state index in [2.05, 4.69) is 11.1 Å². The van der Waals surface area contributed by atoms with Gasteiger partial charge in [-0.25, -0.2) is 0 Å². The number of aliphatic imine (C=N–C) groups is 1. The van der Waals surface area contributed by atoms with Crippen molar-refractivity contribution in [1.29, 1.82) is 5.26 Å². The molecule has 2 nitrogen and oxygen atoms in total. The van der Waals surface area contributed by atoms with E-state index in [4.69, 9.17) is 5.26 Å². The number of nitriles is 1. The molecule has 0 aromatic rings. The predicted octanol–water partition coefficient (Wildman–Crippen LogP) is 3.19. The summed E-state index contributed by atoms with van der Waals surface area (Å²) in [7, 11) is 0. The molecule has 0 spiro atoms. The molecule has 0 amide bonds. The SMILES string of the molecule is CC=NCC1CCCC(CCC#N)C1. The molecule has 0 saturated heterocycles. The van der Waals surface area contributed by atoms with Gasteiger partial charge in [0, 0.05) is 13.0 Å². The summed E-state index contributed by atoms with van der Waals surface area (Å²) >= 11 is 0. The van der Waals surface area contributed by atoms with E-state index in [1.807, 2.05) is 13.1 Å². The Kier molecular flexibility index (Phi) is 5.29. The molecule has 14 heavy (non-hydrogen) atoms. The van der Waals surface area contributed by atoms with E-state index >= 15 is 0 Å². The van der Waals surface area contributed by atoms with Crippen LogP contribution in [0.25, 0.3) is 0 Å². The van der Waals surface area contributed by atoms with Gasteiger partial charge in [-0.3, -0.25) is 4.99 Å². The van der Waals surface area contributed by atoms with Crippen molar-refractivity contribution in [2.24, 2.45) is 16.8 Å². The molecule has 0 heterocycles. The topological polar surface area (TPSA) is 36.1 Å². The Hall–Kier alpha value is -0.840. The standard InChI is InChI=1S/C12H20N2/c1-2-14-10-12-6-3-5-11(9-12)7-4-8-13/h2,11-12H,3-7,9-10H2,1H3. The Morgan fingerprint density at radius 2 is 2.21 bits per heavy atom. The first-order valence-corrected chi connectivity index (χ1v) is 5.68. The van der Waals surface area contributed by atoms with Crippen molar-refractivity contribution in [2.45, 2.75) is 45.4 Å². The van der Waals surface area contributed by atoms with Crippen molar-refractivity contribution >= 4 is 6.21 Å². The summed E-state index contributed by atoms with van der Waals surface area (Å²) in [6.45, 7) is 2.98. The van der Waals surface area contributed by atoms with Crippen LogP contribution in [-0.4, -0.2) is 12.8 Å². The molecule has 1 rings (SSSR count). The largest absolute Gasteiger partial charge is 0.298 e. The summed E-state index contributed by atoms with van der Waals surface area (Å²) in [5.41, 5.74) is 0. The average Bonchev–Trinajstić information content (AvgIpc) is 2.24. The van der Waals surface area contributed by atoms with E-state index in [9.17, 15) is 0 Å². The van der Waals surface area contributed by atoms with Gasteiger partial charge in [0.1, 0.15) is 0 Å². The van der Waals surface area contributed by atoms with E-state index < -0.39 is 0 Å². The molecule has 78 valence electrons. The van der Waals surface area contributed by atoms with Gasteiger partial charge >= 0.3 is 0 Å². The van der Waals surface area contributed by atoms with Crippen molar-refractivity contribution in [3.05, 3.63) is 0 Å². The fraction of sp³-hybridized carbons (Fsp3) is 0.833. The highest BCUT2D eigenvalue weighted by atomic mass is 14.7. The summed E-state index contributed by atoms with van der Waals surface area (Å²) in [5, 5.41) is 8.53. The van der Waals surface area contributed by atoms with Gasteiger partial charge in [0.2, 0.25) is 0 Å². The van der Waals surface area contributed by atoms with Crippen LogP contribution in [0, 0.1) is 23.2 Å². The van der Waals surface area contributed by atoms with Gasteiger partial charge < -0.3 is 0 Å². The molecule has 1 fully saturated rings. The summed E-state index contributed by atoms with van der Waals surface area (Å²) in [4.78, 5) is 4.32. The lowest BCUT2D eigenvalue weighted by Crippen LogP contribution is -2.17. The maximum Gasteiger partial charge on any atom is 0.0621 e. The molecule has 0 bridgehead atoms. The van der Waals surface area contributed by atoms with Crippen molar-refractivity contribution < 1.29 is 0 Å². The first-order chi connectivity index (χ1) is 6.86. The molecule has 2 atom stereocenters. The van der Waals surface area contributed by atoms with Crippen LogP contribution in [0.1, 0.15) is 45.4 Å². The Bertz CT molecular complexity index is 215. The van der Waals surface area contributed by atoms with Gasteiger partial charge in [-0.2, -0.15) is 5.26 Å². The maximum absolute atomic E-state index is 8.53. The van der Waals surface area contributed by atoms with Gasteiger partial charge in [0.25, 0.3) is 0 Å². The van der Waals surface area contributed by atoms with E-state index in [-0.39, 0.29) is 0 Å². The molecule has 0 aromatic carbocycles. The van der Waals surface area contributed by atoms with Crippen molar-refractivity contribution in [2.75, 3.05) is 6.54 Å². The molecule has 0 N–H and O–H groups in total. The smallest absolute Gasteiger partial charge is 0.0621 e. The van der Waals surface area contributed by atoms with Gasteiger partial charge in [0.05, 0.1) is 6.07 Å². The lowest BCUT2D eigenvalue weighted by molar-refractivity contribution is 0.262. The van der Waals surface area contributed by atoms with Gasteiger partial charge in [-0.1, -0.05) is 12.8 Å². The normalized spacial score (nSPS) is 27.7. The minimum atomic E-state index is 0.731. The third-order valence-corrected chi connectivity index (χ3v) is 3.10. The molecule has 2 heteroatoms. The molecule has 1 saturated carbocycles. The Labute approximate surface area is 87.0 Å². The number of rotatable bonds is 4. The first-order valence-electron chi connectivity index (χ1n) is 5.68. The highest BCUT2D eigenvalue weighted by Crippen LogP contribution is 2.31. The highest BCUT2D eigenvalue weighted by molar-refractivity contribution is 5.53. The number of hydrogen-bond acceptors (Lipinski definition) is 2. The molecule has 0 aromatic heterocycles. The maximum atomic E-state index is 8.53. The summed E-state index contributed by atoms with van der Waals surface area (Å²) in [5.74, 6) is 1.57. The second-order valence-corrected chi connectivity index (χ2v) is 4.22. The summed E-state index contributed by atoms with van der Waals surface area (Å²) in [6.07, 6.45) is 9.02. The van der Waals surface area contributed by atoms with Crippen molar-refractivity contribution in [3.8, 4) is 6.07 Å². The van der Waals surface area contributed by atoms with Crippen molar-refractivity contribution in [1.82, 2.24) is 0 Å². The Morgan fingerprint density at radius 1 is 1.43 bits per heavy atom. The predicted molar refractivity (Wildman–Crippen MR) is 59.3 cm³/mol. The quantitative estimate of drug-likeness (QED) is 0.630. The fourth-order valence-electron chi connectivity index (χ4n) is 2.35. The summed E-state index contributed by atoms with van der Waals surface area (Å²) < 4.78 is 0. The van der Waals surface area contributed by atoms with E-state index in [0.29, 0.717) is 0 Å². The monoisotopic (exact) mass is 192 g/mol. The van der Waals surface area contributed by atoms with Crippen LogP contribution in [-0.2, 0) is 0 Å². The van der Waals surface area contributed by atoms with Crippen LogP contribution in [0.3, 0.4) is 0 Å². The molecule has 0 aliphatic heterocycles. The van der Waals surface area contributed by atoms with Crippen LogP contribution >= 0.6 is 0 Å². The molecule has 2 unspecified atom stereocenters. The van der Waals surface area contributed by atoms with Gasteiger partial charge in [-0.05, 0) is 44.2 Å². The minimum Gasteiger partial charge on any atom is -0.298 e. The van der Waals surface area contributed by atoms with Gasteiger partial charge in [0.15, 0.2) is 0 Å². The third kappa shape index (κ3) is 3.91. The lowest BCUT2D eigenvalue weighted by Gasteiger charge is -2.27. The second-order valence-electron chi connectivity index (χ2n) is 4.22. The molecule has 1 aliphatic carbocycles. The van der Waals surface area contributed by atoms with E-state index in [0.717, 1.165) is 31.2 Å². The average molecular weight is 192 g/mol. The highest BCUT2D eigenvalue weighted by Gasteiger charge is 2.20. The van der Waals surface area contributed by atoms with E-state index in [1.165, 1.54) is 25.7 Å². The van der Waals surface area contributed by atoms with E-state index in [1.54, 1.807) is 0 Å².